The minimum absolute atomic E-state index is 0.989. The Kier molecular flexibility index (Phi) is 5.12. The average molecular weight is 360 g/mol. The van der Waals surface area contributed by atoms with Crippen LogP contribution in [0.1, 0.15) is 11.1 Å². The van der Waals surface area contributed by atoms with Crippen molar-refractivity contribution in [1.82, 2.24) is 0 Å². The fourth-order valence-electron chi connectivity index (χ4n) is 3.30. The zero-order valence-corrected chi connectivity index (χ0v) is 17.9. The monoisotopic (exact) mass is 359 g/mol. The average Bonchev–Trinajstić information content (AvgIpc) is 2.57. The van der Waals surface area contributed by atoms with Gasteiger partial charge in [-0.25, -0.2) is 0 Å². The third kappa shape index (κ3) is 4.02. The predicted molar refractivity (Wildman–Crippen MR) is 116 cm³/mol. The fourth-order valence-corrected chi connectivity index (χ4v) is 7.58. The SMILES string of the molecule is Cc1cc([Si](c2ccccc2)c2ccccc2C)cc([Si](C)(C)C)c1. The molecule has 127 valence electrons. The van der Waals surface area contributed by atoms with Gasteiger partial charge in [0.15, 0.2) is 8.80 Å². The summed E-state index contributed by atoms with van der Waals surface area (Å²) in [5.41, 5.74) is 2.79. The Hall–Kier alpha value is -1.91. The Labute approximate surface area is 155 Å². The Bertz CT molecular complexity index is 861. The molecule has 2 heteroatoms. The van der Waals surface area contributed by atoms with Gasteiger partial charge in [-0.15, -0.1) is 0 Å². The minimum atomic E-state index is -1.34. The van der Waals surface area contributed by atoms with Gasteiger partial charge in [0.25, 0.3) is 0 Å². The maximum atomic E-state index is 2.51. The highest BCUT2D eigenvalue weighted by Crippen LogP contribution is 2.06. The second-order valence-electron chi connectivity index (χ2n) is 7.89. The summed E-state index contributed by atoms with van der Waals surface area (Å²) in [5.74, 6) is 0. The van der Waals surface area contributed by atoms with Crippen LogP contribution >= 0.6 is 0 Å². The molecule has 0 aliphatic heterocycles. The summed E-state index contributed by atoms with van der Waals surface area (Å²) in [4.78, 5) is 0. The Morgan fingerprint density at radius 1 is 0.680 bits per heavy atom. The van der Waals surface area contributed by atoms with Crippen molar-refractivity contribution in [2.75, 3.05) is 0 Å². The van der Waals surface area contributed by atoms with E-state index in [1.165, 1.54) is 26.7 Å². The normalized spacial score (nSPS) is 11.8. The van der Waals surface area contributed by atoms with E-state index < -0.39 is 16.9 Å². The lowest BCUT2D eigenvalue weighted by Crippen LogP contribution is -2.54. The fraction of sp³-hybridized carbons (Fsp3) is 0.217. The van der Waals surface area contributed by atoms with Gasteiger partial charge >= 0.3 is 0 Å². The standard InChI is InChI=1S/C23H27Si2/c1-18-15-21(17-22(16-18)25(3,4)5)24(20-12-7-6-8-13-20)23-14-10-9-11-19(23)2/h6-17H,1-5H3. The van der Waals surface area contributed by atoms with Crippen molar-refractivity contribution >= 4 is 37.6 Å². The van der Waals surface area contributed by atoms with E-state index in [9.17, 15) is 0 Å². The zero-order valence-electron chi connectivity index (χ0n) is 15.9. The van der Waals surface area contributed by atoms with E-state index in [-0.39, 0.29) is 0 Å². The van der Waals surface area contributed by atoms with Gasteiger partial charge in [0.05, 0.1) is 8.07 Å². The lowest BCUT2D eigenvalue weighted by atomic mass is 10.2. The number of hydrogen-bond acceptors (Lipinski definition) is 0. The second-order valence-corrected chi connectivity index (χ2v) is 15.4. The van der Waals surface area contributed by atoms with Gasteiger partial charge < -0.3 is 0 Å². The van der Waals surface area contributed by atoms with Crippen LogP contribution in [0.4, 0.5) is 0 Å². The van der Waals surface area contributed by atoms with Crippen LogP contribution in [0.5, 0.6) is 0 Å². The van der Waals surface area contributed by atoms with Gasteiger partial charge in [-0.2, -0.15) is 0 Å². The molecule has 3 rings (SSSR count). The molecule has 3 aromatic rings. The first-order valence-electron chi connectivity index (χ1n) is 8.97. The summed E-state index contributed by atoms with van der Waals surface area (Å²) in [7, 11) is -2.33. The highest BCUT2D eigenvalue weighted by Gasteiger charge is 2.24. The van der Waals surface area contributed by atoms with Crippen molar-refractivity contribution in [3.05, 3.63) is 83.9 Å². The smallest absolute Gasteiger partial charge is 0.0656 e. The largest absolute Gasteiger partial charge is 0.154 e. The summed E-state index contributed by atoms with van der Waals surface area (Å²) in [6.45, 7) is 11.8. The van der Waals surface area contributed by atoms with E-state index >= 15 is 0 Å². The molecule has 0 aromatic heterocycles. The summed E-state index contributed by atoms with van der Waals surface area (Å²) in [6, 6.07) is 27.3. The first-order valence-corrected chi connectivity index (χ1v) is 14.0. The molecule has 0 heterocycles. The zero-order chi connectivity index (χ0) is 18.0. The van der Waals surface area contributed by atoms with Crippen molar-refractivity contribution in [2.24, 2.45) is 0 Å². The molecule has 0 bridgehead atoms. The number of benzene rings is 3. The quantitative estimate of drug-likeness (QED) is 0.495. The highest BCUT2D eigenvalue weighted by atomic mass is 28.3. The maximum absolute atomic E-state index is 2.51. The van der Waals surface area contributed by atoms with E-state index in [0.29, 0.717) is 0 Å². The topological polar surface area (TPSA) is 0 Å². The molecule has 0 amide bonds. The van der Waals surface area contributed by atoms with E-state index in [4.69, 9.17) is 0 Å². The molecule has 0 saturated heterocycles. The van der Waals surface area contributed by atoms with Gasteiger partial charge in [0, 0.05) is 0 Å². The molecule has 0 N–H and O–H groups in total. The van der Waals surface area contributed by atoms with E-state index in [2.05, 4.69) is 106 Å². The van der Waals surface area contributed by atoms with Crippen LogP contribution in [0.2, 0.25) is 19.6 Å². The summed E-state index contributed by atoms with van der Waals surface area (Å²) in [6.07, 6.45) is 0. The van der Waals surface area contributed by atoms with Crippen molar-refractivity contribution in [1.29, 1.82) is 0 Å². The first-order chi connectivity index (χ1) is 11.9. The Morgan fingerprint density at radius 2 is 1.32 bits per heavy atom. The molecular formula is C23H27Si2. The lowest BCUT2D eigenvalue weighted by molar-refractivity contribution is 1.49. The molecule has 1 radical (unpaired) electrons. The third-order valence-corrected chi connectivity index (χ3v) is 9.61. The van der Waals surface area contributed by atoms with Gasteiger partial charge in [0.2, 0.25) is 0 Å². The van der Waals surface area contributed by atoms with Gasteiger partial charge in [0.1, 0.15) is 0 Å². The minimum Gasteiger partial charge on any atom is -0.0656 e. The Morgan fingerprint density at radius 3 is 1.96 bits per heavy atom. The first kappa shape index (κ1) is 17.9. The predicted octanol–water partition coefficient (Wildman–Crippen LogP) is 3.36. The maximum Gasteiger partial charge on any atom is 0.154 e. The van der Waals surface area contributed by atoms with Crippen LogP contribution in [-0.2, 0) is 0 Å². The van der Waals surface area contributed by atoms with Crippen LogP contribution in [0.25, 0.3) is 0 Å². The number of aryl methyl sites for hydroxylation is 2. The summed E-state index contributed by atoms with van der Waals surface area (Å²) < 4.78 is 0. The second kappa shape index (κ2) is 7.14. The van der Waals surface area contributed by atoms with Crippen molar-refractivity contribution in [3.8, 4) is 0 Å². The Balaban J connectivity index is 2.23. The molecule has 0 unspecified atom stereocenters. The van der Waals surface area contributed by atoms with E-state index in [0.717, 1.165) is 0 Å². The molecule has 0 saturated carbocycles. The van der Waals surface area contributed by atoms with Crippen molar-refractivity contribution < 1.29 is 0 Å². The summed E-state index contributed by atoms with van der Waals surface area (Å²) >= 11 is 0. The summed E-state index contributed by atoms with van der Waals surface area (Å²) in [5, 5.41) is 6.05. The van der Waals surface area contributed by atoms with Crippen LogP contribution in [0.15, 0.2) is 72.8 Å². The van der Waals surface area contributed by atoms with Crippen LogP contribution in [-0.4, -0.2) is 16.9 Å². The van der Waals surface area contributed by atoms with Crippen LogP contribution in [0.3, 0.4) is 0 Å². The van der Waals surface area contributed by atoms with Crippen LogP contribution < -0.4 is 20.7 Å². The van der Waals surface area contributed by atoms with Crippen LogP contribution in [0, 0.1) is 13.8 Å². The van der Waals surface area contributed by atoms with E-state index in [1.54, 1.807) is 5.19 Å². The lowest BCUT2D eigenvalue weighted by Gasteiger charge is -2.23. The molecule has 3 aromatic carbocycles. The molecule has 0 nitrogen and oxygen atoms in total. The molecular weight excluding hydrogens is 332 g/mol. The third-order valence-electron chi connectivity index (χ3n) is 4.71. The number of rotatable bonds is 4. The molecule has 0 spiro atoms. The van der Waals surface area contributed by atoms with Gasteiger partial charge in [-0.05, 0) is 19.0 Å². The molecule has 25 heavy (non-hydrogen) atoms. The van der Waals surface area contributed by atoms with Crippen molar-refractivity contribution in [3.63, 3.8) is 0 Å². The molecule has 0 atom stereocenters. The van der Waals surface area contributed by atoms with E-state index in [1.807, 2.05) is 0 Å². The molecule has 0 aliphatic carbocycles. The van der Waals surface area contributed by atoms with Crippen molar-refractivity contribution in [2.45, 2.75) is 33.5 Å². The highest BCUT2D eigenvalue weighted by molar-refractivity contribution is 6.96. The molecule has 0 aliphatic rings. The molecule has 0 fully saturated rings. The van der Waals surface area contributed by atoms with Gasteiger partial charge in [-0.1, -0.05) is 119 Å². The number of hydrogen-bond donors (Lipinski definition) is 0. The van der Waals surface area contributed by atoms with Gasteiger partial charge in [-0.3, -0.25) is 0 Å².